The van der Waals surface area contributed by atoms with Gasteiger partial charge in [-0.25, -0.2) is 10.4 Å². The summed E-state index contributed by atoms with van der Waals surface area (Å²) < 4.78 is 11.6. The number of aromatic nitrogens is 2. The lowest BCUT2D eigenvalue weighted by molar-refractivity contribution is -0.118. The molecule has 0 saturated carbocycles. The lowest BCUT2D eigenvalue weighted by Gasteiger charge is -2.12. The van der Waals surface area contributed by atoms with E-state index in [9.17, 15) is 4.79 Å². The van der Waals surface area contributed by atoms with E-state index in [1.54, 1.807) is 6.21 Å². The Morgan fingerprint density at radius 2 is 1.94 bits per heavy atom. The normalized spacial score (nSPS) is 11.1. The summed E-state index contributed by atoms with van der Waals surface area (Å²) in [6, 6.07) is 20.7. The number of imidazole rings is 1. The Balaban J connectivity index is 1.31. The summed E-state index contributed by atoms with van der Waals surface area (Å²) in [5.41, 5.74) is 6.12. The first-order valence-electron chi connectivity index (χ1n) is 10.6. The van der Waals surface area contributed by atoms with Crippen molar-refractivity contribution in [2.24, 2.45) is 5.10 Å². The van der Waals surface area contributed by atoms with Crippen molar-refractivity contribution in [1.82, 2.24) is 15.4 Å². The highest BCUT2D eigenvalue weighted by atomic mass is 35.5. The molecule has 174 valence electrons. The number of thioether (sulfide) groups is 1. The number of ether oxygens (including phenoxy) is 2. The molecule has 0 atom stereocenters. The minimum atomic E-state index is -0.227. The third kappa shape index (κ3) is 6.52. The number of H-pyrrole nitrogens is 1. The van der Waals surface area contributed by atoms with Crippen molar-refractivity contribution in [1.29, 1.82) is 0 Å². The minimum Gasteiger partial charge on any atom is -0.490 e. The molecule has 9 heteroatoms. The average Bonchev–Trinajstić information content (AvgIpc) is 3.27. The van der Waals surface area contributed by atoms with E-state index in [4.69, 9.17) is 21.1 Å². The van der Waals surface area contributed by atoms with E-state index in [1.807, 2.05) is 73.7 Å². The van der Waals surface area contributed by atoms with Crippen LogP contribution in [0.4, 0.5) is 0 Å². The molecule has 7 nitrogen and oxygen atoms in total. The quantitative estimate of drug-likeness (QED) is 0.174. The topological polar surface area (TPSA) is 88.6 Å². The maximum atomic E-state index is 12.1. The average molecular weight is 495 g/mol. The molecule has 0 spiro atoms. The number of halogens is 1. The van der Waals surface area contributed by atoms with Crippen LogP contribution in [-0.2, 0) is 11.4 Å². The Labute approximate surface area is 206 Å². The molecule has 2 N–H and O–H groups in total. The molecule has 1 amide bonds. The molecular formula is C25H23ClN4O3S. The first kappa shape index (κ1) is 23.7. The zero-order chi connectivity index (χ0) is 23.8. The van der Waals surface area contributed by atoms with Crippen LogP contribution in [0.15, 0.2) is 77.0 Å². The number of para-hydroxylation sites is 2. The number of carbonyl (C=O) groups is 1. The van der Waals surface area contributed by atoms with Crippen LogP contribution >= 0.6 is 23.4 Å². The highest BCUT2D eigenvalue weighted by Crippen LogP contribution is 2.29. The van der Waals surface area contributed by atoms with Gasteiger partial charge in [0.25, 0.3) is 5.91 Å². The fourth-order valence-corrected chi connectivity index (χ4v) is 3.88. The molecule has 0 aliphatic heterocycles. The van der Waals surface area contributed by atoms with Gasteiger partial charge in [0.1, 0.15) is 6.61 Å². The largest absolute Gasteiger partial charge is 0.490 e. The number of rotatable bonds is 10. The van der Waals surface area contributed by atoms with Gasteiger partial charge in [-0.15, -0.1) is 0 Å². The van der Waals surface area contributed by atoms with E-state index in [1.165, 1.54) is 11.8 Å². The number of fused-ring (bicyclic) bond motifs is 1. The number of hydrazone groups is 1. The van der Waals surface area contributed by atoms with E-state index in [0.29, 0.717) is 34.9 Å². The van der Waals surface area contributed by atoms with Crippen molar-refractivity contribution in [2.45, 2.75) is 18.7 Å². The van der Waals surface area contributed by atoms with Crippen molar-refractivity contribution in [3.8, 4) is 11.5 Å². The van der Waals surface area contributed by atoms with Gasteiger partial charge in [0, 0.05) is 5.02 Å². The van der Waals surface area contributed by atoms with Gasteiger partial charge in [-0.1, -0.05) is 47.6 Å². The SMILES string of the molecule is CCOc1cc(/C=N\NC(=O)CSc2nc3ccccc3[nH]2)ccc1OCc1ccc(Cl)cc1. The molecule has 1 aromatic heterocycles. The number of benzene rings is 3. The highest BCUT2D eigenvalue weighted by Gasteiger charge is 2.08. The third-order valence-electron chi connectivity index (χ3n) is 4.69. The van der Waals surface area contributed by atoms with E-state index >= 15 is 0 Å². The van der Waals surface area contributed by atoms with Crippen molar-refractivity contribution < 1.29 is 14.3 Å². The Morgan fingerprint density at radius 3 is 2.74 bits per heavy atom. The second-order valence-corrected chi connectivity index (χ2v) is 8.60. The molecule has 0 saturated heterocycles. The van der Waals surface area contributed by atoms with Crippen molar-refractivity contribution in [3.05, 3.63) is 82.9 Å². The number of aromatic amines is 1. The number of hydrogen-bond acceptors (Lipinski definition) is 6. The van der Waals surface area contributed by atoms with Gasteiger partial charge < -0.3 is 14.5 Å². The number of nitrogens with one attached hydrogen (secondary N) is 2. The van der Waals surface area contributed by atoms with Gasteiger partial charge in [0.15, 0.2) is 16.7 Å². The van der Waals surface area contributed by atoms with Crippen molar-refractivity contribution >= 4 is 46.5 Å². The summed E-state index contributed by atoms with van der Waals surface area (Å²) in [5.74, 6) is 1.20. The van der Waals surface area contributed by atoms with Gasteiger partial charge in [-0.3, -0.25) is 4.79 Å². The molecule has 0 bridgehead atoms. The molecule has 0 unspecified atom stereocenters. The molecule has 3 aromatic carbocycles. The van der Waals surface area contributed by atoms with Crippen LogP contribution in [0.25, 0.3) is 11.0 Å². The number of carbonyl (C=O) groups excluding carboxylic acids is 1. The maximum absolute atomic E-state index is 12.1. The first-order chi connectivity index (χ1) is 16.6. The van der Waals surface area contributed by atoms with Crippen molar-refractivity contribution in [2.75, 3.05) is 12.4 Å². The van der Waals surface area contributed by atoms with Gasteiger partial charge >= 0.3 is 0 Å². The first-order valence-corrected chi connectivity index (χ1v) is 12.0. The molecule has 4 rings (SSSR count). The Kier molecular flexibility index (Phi) is 8.06. The number of nitrogens with zero attached hydrogens (tertiary/aromatic N) is 2. The van der Waals surface area contributed by atoms with Crippen LogP contribution in [0.3, 0.4) is 0 Å². The zero-order valence-corrected chi connectivity index (χ0v) is 20.0. The maximum Gasteiger partial charge on any atom is 0.250 e. The molecule has 1 heterocycles. The van der Waals surface area contributed by atoms with Gasteiger partial charge in [-0.2, -0.15) is 5.10 Å². The second kappa shape index (κ2) is 11.6. The van der Waals surface area contributed by atoms with E-state index in [2.05, 4.69) is 20.5 Å². The van der Waals surface area contributed by atoms with E-state index < -0.39 is 0 Å². The Morgan fingerprint density at radius 1 is 1.12 bits per heavy atom. The summed E-state index contributed by atoms with van der Waals surface area (Å²) in [6.07, 6.45) is 1.56. The predicted molar refractivity (Wildman–Crippen MR) is 136 cm³/mol. The van der Waals surface area contributed by atoms with Gasteiger partial charge in [0.2, 0.25) is 0 Å². The molecule has 0 fully saturated rings. The molecule has 34 heavy (non-hydrogen) atoms. The zero-order valence-electron chi connectivity index (χ0n) is 18.5. The summed E-state index contributed by atoms with van der Waals surface area (Å²) in [7, 11) is 0. The van der Waals surface area contributed by atoms with Crippen LogP contribution < -0.4 is 14.9 Å². The van der Waals surface area contributed by atoms with E-state index in [-0.39, 0.29) is 11.7 Å². The smallest absolute Gasteiger partial charge is 0.250 e. The van der Waals surface area contributed by atoms with Crippen molar-refractivity contribution in [3.63, 3.8) is 0 Å². The Bertz CT molecular complexity index is 1260. The van der Waals surface area contributed by atoms with Crippen LogP contribution in [0.5, 0.6) is 11.5 Å². The molecule has 0 aliphatic carbocycles. The standard InChI is InChI=1S/C25H23ClN4O3S/c1-2-32-23-13-18(9-12-22(23)33-15-17-7-10-19(26)11-8-17)14-27-30-24(31)16-34-25-28-20-5-3-4-6-21(20)29-25/h3-14H,2,15-16H2,1H3,(H,28,29)(H,30,31)/b27-14-. The fraction of sp³-hybridized carbons (Fsp3) is 0.160. The number of hydrogen-bond donors (Lipinski definition) is 2. The fourth-order valence-electron chi connectivity index (χ4n) is 3.08. The number of amides is 1. The highest BCUT2D eigenvalue weighted by molar-refractivity contribution is 7.99. The Hall–Kier alpha value is -3.49. The molecule has 0 aliphatic rings. The van der Waals surface area contributed by atoms with Gasteiger partial charge in [-0.05, 0) is 60.5 Å². The van der Waals surface area contributed by atoms with Crippen LogP contribution in [0.2, 0.25) is 5.02 Å². The monoisotopic (exact) mass is 494 g/mol. The lowest BCUT2D eigenvalue weighted by Crippen LogP contribution is -2.19. The van der Waals surface area contributed by atoms with Crippen LogP contribution in [0, 0.1) is 0 Å². The molecule has 0 radical (unpaired) electrons. The second-order valence-electron chi connectivity index (χ2n) is 7.20. The third-order valence-corrected chi connectivity index (χ3v) is 5.81. The van der Waals surface area contributed by atoms with Crippen LogP contribution in [0.1, 0.15) is 18.1 Å². The summed E-state index contributed by atoms with van der Waals surface area (Å²) in [6.45, 7) is 2.79. The molecule has 4 aromatic rings. The predicted octanol–water partition coefficient (Wildman–Crippen LogP) is 5.44. The summed E-state index contributed by atoms with van der Waals surface area (Å²) in [4.78, 5) is 19.8. The van der Waals surface area contributed by atoms with Gasteiger partial charge in [0.05, 0.1) is 29.6 Å². The molecular weight excluding hydrogens is 472 g/mol. The van der Waals surface area contributed by atoms with Crippen LogP contribution in [-0.4, -0.2) is 34.4 Å². The lowest BCUT2D eigenvalue weighted by atomic mass is 10.2. The van der Waals surface area contributed by atoms with E-state index in [0.717, 1.165) is 22.2 Å². The minimum absolute atomic E-state index is 0.193. The summed E-state index contributed by atoms with van der Waals surface area (Å²) in [5, 5.41) is 5.43. The summed E-state index contributed by atoms with van der Waals surface area (Å²) >= 11 is 7.25.